The Kier molecular flexibility index (Phi) is 38.8. The Morgan fingerprint density at radius 1 is 0.562 bits per heavy atom. The summed E-state index contributed by atoms with van der Waals surface area (Å²) in [5.41, 5.74) is 11.7. The molecule has 13 amide bonds. The third-order valence-electron chi connectivity index (χ3n) is 18.4. The minimum absolute atomic E-state index is 0.0130. The molecule has 35 heteroatoms. The van der Waals surface area contributed by atoms with Gasteiger partial charge in [-0.1, -0.05) is 125 Å². The highest BCUT2D eigenvalue weighted by atomic mass is 16.3. The Morgan fingerprint density at radius 3 is 1.69 bits per heavy atom. The third-order valence-corrected chi connectivity index (χ3v) is 18.4. The first-order valence-electron chi connectivity index (χ1n) is 36.3. The molecule has 592 valence electrons. The predicted molar refractivity (Wildman–Crippen MR) is 385 cm³/mol. The average molecular weight is 1490 g/mol. The Bertz CT molecular complexity index is 3080. The molecule has 2 saturated heterocycles. The lowest BCUT2D eigenvalue weighted by Gasteiger charge is -2.34. The number of nitrogens with two attached hydrogens (primary N) is 2. The molecule has 105 heavy (non-hydrogen) atoms. The number of guanidine groups is 1. The number of aliphatic hydroxyl groups excluding tert-OH is 6. The van der Waals surface area contributed by atoms with Gasteiger partial charge in [0.1, 0.15) is 66.5 Å². The second-order valence-corrected chi connectivity index (χ2v) is 28.4. The van der Waals surface area contributed by atoms with E-state index in [1.54, 1.807) is 85.7 Å². The molecular weight excluding hydrogens is 1370 g/mol. The van der Waals surface area contributed by atoms with Gasteiger partial charge in [-0.15, -0.1) is 0 Å². The molecule has 0 aromatic heterocycles. The zero-order chi connectivity index (χ0) is 79.1. The van der Waals surface area contributed by atoms with E-state index >= 15 is 0 Å². The zero-order valence-corrected chi connectivity index (χ0v) is 62.6. The lowest BCUT2D eigenvalue weighted by Crippen LogP contribution is -2.63. The maximum Gasteiger partial charge on any atom is 0.248 e. The van der Waals surface area contributed by atoms with Crippen molar-refractivity contribution in [1.29, 1.82) is 0 Å². The first-order chi connectivity index (χ1) is 49.4. The smallest absolute Gasteiger partial charge is 0.248 e. The molecule has 17 atom stereocenters. The van der Waals surface area contributed by atoms with Crippen molar-refractivity contribution in [3.63, 3.8) is 0 Å². The van der Waals surface area contributed by atoms with Crippen LogP contribution in [0.15, 0.2) is 35.3 Å². The van der Waals surface area contributed by atoms with Crippen LogP contribution in [0.2, 0.25) is 0 Å². The van der Waals surface area contributed by atoms with Crippen molar-refractivity contribution in [3.05, 3.63) is 35.9 Å². The van der Waals surface area contributed by atoms with Crippen molar-refractivity contribution in [1.82, 2.24) is 68.3 Å². The summed E-state index contributed by atoms with van der Waals surface area (Å²) in [7, 11) is 1.29. The Morgan fingerprint density at radius 2 is 1.11 bits per heavy atom. The van der Waals surface area contributed by atoms with Gasteiger partial charge in [-0.2, -0.15) is 0 Å². The molecule has 2 aliphatic rings. The second kappa shape index (κ2) is 45.0. The number of rotatable bonds is 23. The number of hydrogen-bond acceptors (Lipinski definition) is 20. The van der Waals surface area contributed by atoms with Crippen molar-refractivity contribution < 1.29 is 93.0 Å². The highest BCUT2D eigenvalue weighted by Crippen LogP contribution is 2.23. The van der Waals surface area contributed by atoms with Gasteiger partial charge in [-0.05, 0) is 75.2 Å². The maximum absolute atomic E-state index is 14.8. The standard InChI is InChI=1S/C70H118N16O19/c1-13-15-16-20-24-43-31-51(92)76-48(30-42-22-18-17-19-23-42)61(97)82-54(40(10)89)65(101)81-53(37(5)6)64(100)80-47(29-36(3)4)60(96)79-46(25-21-27-73-70(71)72)68(104)85(12)57(39(9)14-2)67(103)74-33-52(93)77-49(35-88)62(98)83-55(41(11)90)69(105)86-34-44(91)32-50(86)63(99)78-45(26-28-87)59(95)84-56(66(102)75-43)58(94)38(7)8/h17-19,22-23,36-41,43-50,53-58,87-91,94H,13-16,20-21,24-35H2,1-12H3,(H,74,103)(H,75,102)(H,76,92)(H,77,93)(H,78,99)(H,79,96)(H,80,100)(H,81,101)(H,82,97)(H,83,98)(H,84,95)(H4,71,72,73)/t39-,40+,41+,43?,44-,45?,46-,47-,48-,49-,50-,53-,54-,55-,56?,57-,58?/m0/s1. The van der Waals surface area contributed by atoms with Crippen LogP contribution >= 0.6 is 0 Å². The lowest BCUT2D eigenvalue weighted by atomic mass is 9.95. The Hall–Kier alpha value is -8.64. The van der Waals surface area contributed by atoms with Crippen molar-refractivity contribution >= 4 is 82.8 Å². The average Bonchev–Trinajstić information content (AvgIpc) is 1.65. The van der Waals surface area contributed by atoms with Gasteiger partial charge >= 0.3 is 0 Å². The largest absolute Gasteiger partial charge is 0.396 e. The number of likely N-dealkylation sites (N-methyl/N-ethyl adjacent to an activating group) is 1. The highest BCUT2D eigenvalue weighted by Gasteiger charge is 2.46. The van der Waals surface area contributed by atoms with Gasteiger partial charge in [-0.25, -0.2) is 0 Å². The first kappa shape index (κ1) is 90.6. The number of carbonyl (C=O) groups is 13. The monoisotopic (exact) mass is 1490 g/mol. The number of aliphatic hydroxyl groups is 6. The summed E-state index contributed by atoms with van der Waals surface area (Å²) in [6, 6.07) is -10.4. The van der Waals surface area contributed by atoms with Crippen LogP contribution in [-0.4, -0.2) is 260 Å². The number of aliphatic imine (C=N–C) groups is 1. The number of benzene rings is 1. The van der Waals surface area contributed by atoms with Gasteiger partial charge < -0.3 is 110 Å². The molecular formula is C70H118N16O19. The van der Waals surface area contributed by atoms with Crippen LogP contribution in [0.3, 0.4) is 0 Å². The van der Waals surface area contributed by atoms with E-state index in [0.717, 1.165) is 29.6 Å². The Balaban J connectivity index is 2.27. The quantitative estimate of drug-likeness (QED) is 0.0278. The fourth-order valence-corrected chi connectivity index (χ4v) is 12.2. The molecule has 0 radical (unpaired) electrons. The number of nitrogens with one attached hydrogen (secondary N) is 11. The van der Waals surface area contributed by atoms with E-state index in [9.17, 15) is 93.0 Å². The number of fused-ring (bicyclic) bond motifs is 1. The van der Waals surface area contributed by atoms with E-state index in [1.165, 1.54) is 14.0 Å². The molecule has 0 saturated carbocycles. The van der Waals surface area contributed by atoms with E-state index < -0.39 is 237 Å². The summed E-state index contributed by atoms with van der Waals surface area (Å²) in [5.74, 6) is -15.5. The summed E-state index contributed by atoms with van der Waals surface area (Å²) in [6.07, 6.45) is -4.97. The summed E-state index contributed by atoms with van der Waals surface area (Å²) >= 11 is 0. The molecule has 2 fully saturated rings. The van der Waals surface area contributed by atoms with Crippen LogP contribution in [0.5, 0.6) is 0 Å². The molecule has 2 aliphatic heterocycles. The van der Waals surface area contributed by atoms with E-state index in [1.807, 2.05) is 6.92 Å². The first-order valence-corrected chi connectivity index (χ1v) is 36.3. The minimum atomic E-state index is -1.93. The number of carbonyl (C=O) groups excluding carboxylic acids is 13. The summed E-state index contributed by atoms with van der Waals surface area (Å²) in [5, 5.41) is 93.2. The van der Waals surface area contributed by atoms with E-state index in [4.69, 9.17) is 11.5 Å². The van der Waals surface area contributed by atoms with E-state index in [-0.39, 0.29) is 56.9 Å². The zero-order valence-electron chi connectivity index (χ0n) is 62.6. The van der Waals surface area contributed by atoms with Gasteiger partial charge in [0.2, 0.25) is 76.8 Å². The molecule has 21 N–H and O–H groups in total. The molecule has 35 nitrogen and oxygen atoms in total. The van der Waals surface area contributed by atoms with Gasteiger partial charge in [0, 0.05) is 52.0 Å². The molecule has 1 aromatic rings. The van der Waals surface area contributed by atoms with Gasteiger partial charge in [-0.3, -0.25) is 67.3 Å². The van der Waals surface area contributed by atoms with Crippen molar-refractivity contribution in [2.75, 3.05) is 39.9 Å². The summed E-state index contributed by atoms with van der Waals surface area (Å²) in [4.78, 5) is 193. The molecule has 3 rings (SSSR count). The van der Waals surface area contributed by atoms with Crippen LogP contribution in [0, 0.1) is 23.7 Å². The summed E-state index contributed by atoms with van der Waals surface area (Å²) < 4.78 is 0. The van der Waals surface area contributed by atoms with Crippen molar-refractivity contribution in [2.24, 2.45) is 40.1 Å². The maximum atomic E-state index is 14.8. The van der Waals surface area contributed by atoms with E-state index in [0.29, 0.717) is 18.4 Å². The lowest BCUT2D eigenvalue weighted by molar-refractivity contribution is -0.145. The number of amides is 13. The minimum Gasteiger partial charge on any atom is -0.396 e. The van der Waals surface area contributed by atoms with Gasteiger partial charge in [0.15, 0.2) is 5.96 Å². The predicted octanol–water partition coefficient (Wildman–Crippen LogP) is -4.69. The van der Waals surface area contributed by atoms with Crippen LogP contribution in [0.1, 0.15) is 159 Å². The molecule has 0 spiro atoms. The van der Waals surface area contributed by atoms with Crippen LogP contribution in [0.4, 0.5) is 0 Å². The van der Waals surface area contributed by atoms with Gasteiger partial charge in [0.25, 0.3) is 0 Å². The fraction of sp³-hybridized carbons (Fsp3) is 0.714. The second-order valence-electron chi connectivity index (χ2n) is 28.4. The fourth-order valence-electron chi connectivity index (χ4n) is 12.2. The van der Waals surface area contributed by atoms with Crippen molar-refractivity contribution in [3.8, 4) is 0 Å². The highest BCUT2D eigenvalue weighted by molar-refractivity contribution is 6.00. The topological polar surface area (TPSA) is 546 Å². The molecule has 2 heterocycles. The van der Waals surface area contributed by atoms with Crippen molar-refractivity contribution in [2.45, 2.75) is 257 Å². The summed E-state index contributed by atoms with van der Waals surface area (Å²) in [6.45, 7) is 14.1. The number of hydrogen-bond donors (Lipinski definition) is 19. The van der Waals surface area contributed by atoms with Crippen LogP contribution in [0.25, 0.3) is 0 Å². The molecule has 0 aliphatic carbocycles. The van der Waals surface area contributed by atoms with Crippen LogP contribution < -0.4 is 70.0 Å². The molecule has 0 bridgehead atoms. The normalized spacial score (nSPS) is 27.1. The number of nitrogens with zero attached hydrogens (tertiary/aromatic N) is 3. The number of unbranched alkanes of at least 4 members (excludes halogenated alkanes) is 3. The van der Waals surface area contributed by atoms with E-state index in [2.05, 4.69) is 63.5 Å². The molecule has 4 unspecified atom stereocenters. The third kappa shape index (κ3) is 29.3. The SMILES string of the molecule is CCCCCCC1CC(=O)N[C@@H](Cc2ccccc2)C(=O)N[C@@H]([C@@H](C)O)C(=O)N[C@@H](C(C)C)C(=O)N[C@@H](CC(C)C)C(=O)N[C@@H](CCCN=C(N)N)C(=O)N(C)[C@@H]([C@@H](C)CC)C(=O)NCC(=O)N[C@@H](CO)C(=O)N[C@@H]([C@@H](C)O)C(=O)N2C[C@@H](O)C[C@H]2C(=O)NC(CCO)C(=O)NC(C(O)C(C)C)C(=O)N1. The molecule has 1 aromatic carbocycles. The van der Waals surface area contributed by atoms with Crippen LogP contribution in [-0.2, 0) is 68.7 Å². The van der Waals surface area contributed by atoms with Gasteiger partial charge in [0.05, 0.1) is 37.6 Å². The Labute approximate surface area is 614 Å².